The van der Waals surface area contributed by atoms with Gasteiger partial charge in [0.2, 0.25) is 11.8 Å². The molecule has 2 amide bonds. The summed E-state index contributed by atoms with van der Waals surface area (Å²) < 4.78 is 10.1. The van der Waals surface area contributed by atoms with Gasteiger partial charge in [0.25, 0.3) is 5.56 Å². The molecule has 188 valence electrons. The Kier molecular flexibility index (Phi) is 9.64. The van der Waals surface area contributed by atoms with Crippen LogP contribution in [-0.4, -0.2) is 47.2 Å². The average Bonchev–Trinajstić information content (AvgIpc) is 2.86. The van der Waals surface area contributed by atoms with Crippen LogP contribution < -0.4 is 20.9 Å². The number of thioether (sulfide) groups is 1. The summed E-state index contributed by atoms with van der Waals surface area (Å²) in [5, 5.41) is 5.72. The summed E-state index contributed by atoms with van der Waals surface area (Å²) in [6, 6.07) is 14.9. The van der Waals surface area contributed by atoms with E-state index in [0.717, 1.165) is 17.3 Å². The van der Waals surface area contributed by atoms with E-state index in [0.29, 0.717) is 29.2 Å². The molecule has 0 aliphatic rings. The molecule has 0 fully saturated rings. The third-order valence-corrected chi connectivity index (χ3v) is 5.63. The van der Waals surface area contributed by atoms with E-state index in [2.05, 4.69) is 20.6 Å². The van der Waals surface area contributed by atoms with Crippen molar-refractivity contribution in [3.8, 4) is 5.75 Å². The van der Waals surface area contributed by atoms with Crippen LogP contribution in [0.5, 0.6) is 5.75 Å². The standard InChI is InChI=1S/C25H26N4O6S/c1-3-35-24(33)17-7-9-18(10-8-17)27-23(32)15-36-25-28-19(13-22(31)29-25)12-21(30)26-14-16-5-4-6-20(11-16)34-2/h4-11,13H,3,12,14-15H2,1-2H3,(H,26,30)(H,27,32)(H,28,29,31). The first kappa shape index (κ1) is 26.5. The Bertz CT molecular complexity index is 1280. The summed E-state index contributed by atoms with van der Waals surface area (Å²) in [4.78, 5) is 55.2. The fourth-order valence-electron chi connectivity index (χ4n) is 3.09. The van der Waals surface area contributed by atoms with Crippen LogP contribution in [0, 0.1) is 0 Å². The highest BCUT2D eigenvalue weighted by Gasteiger charge is 2.11. The summed E-state index contributed by atoms with van der Waals surface area (Å²) in [6.45, 7) is 2.31. The Labute approximate surface area is 211 Å². The number of esters is 1. The molecular formula is C25H26N4O6S. The number of H-pyrrole nitrogens is 1. The Balaban J connectivity index is 1.51. The number of nitrogens with one attached hydrogen (secondary N) is 3. The van der Waals surface area contributed by atoms with Crippen molar-refractivity contribution in [2.45, 2.75) is 25.0 Å². The van der Waals surface area contributed by atoms with Crippen molar-refractivity contribution < 1.29 is 23.9 Å². The highest BCUT2D eigenvalue weighted by molar-refractivity contribution is 7.99. The minimum atomic E-state index is -0.435. The lowest BCUT2D eigenvalue weighted by atomic mass is 10.2. The van der Waals surface area contributed by atoms with Gasteiger partial charge < -0.3 is 25.1 Å². The number of amides is 2. The number of anilines is 1. The maximum absolute atomic E-state index is 12.3. The van der Waals surface area contributed by atoms with Gasteiger partial charge in [-0.1, -0.05) is 23.9 Å². The zero-order chi connectivity index (χ0) is 25.9. The third kappa shape index (κ3) is 8.27. The molecule has 1 heterocycles. The lowest BCUT2D eigenvalue weighted by molar-refractivity contribution is -0.120. The van der Waals surface area contributed by atoms with E-state index in [1.165, 1.54) is 6.07 Å². The van der Waals surface area contributed by atoms with Crippen molar-refractivity contribution in [1.29, 1.82) is 0 Å². The van der Waals surface area contributed by atoms with E-state index in [1.54, 1.807) is 38.3 Å². The number of rotatable bonds is 11. The van der Waals surface area contributed by atoms with Crippen LogP contribution in [0.25, 0.3) is 0 Å². The van der Waals surface area contributed by atoms with E-state index >= 15 is 0 Å². The topological polar surface area (TPSA) is 139 Å². The van der Waals surface area contributed by atoms with Crippen LogP contribution in [0.2, 0.25) is 0 Å². The molecular weight excluding hydrogens is 484 g/mol. The largest absolute Gasteiger partial charge is 0.497 e. The summed E-state index contributed by atoms with van der Waals surface area (Å²) in [5.41, 5.74) is 1.64. The predicted molar refractivity (Wildman–Crippen MR) is 135 cm³/mol. The molecule has 2 aromatic carbocycles. The van der Waals surface area contributed by atoms with Gasteiger partial charge in [-0.2, -0.15) is 0 Å². The second-order valence-electron chi connectivity index (χ2n) is 7.48. The molecule has 1 aromatic heterocycles. The van der Waals surface area contributed by atoms with Crippen molar-refractivity contribution in [3.63, 3.8) is 0 Å². The van der Waals surface area contributed by atoms with Crippen molar-refractivity contribution in [1.82, 2.24) is 15.3 Å². The number of ether oxygens (including phenoxy) is 2. The number of aromatic nitrogens is 2. The quantitative estimate of drug-likeness (QED) is 0.203. The van der Waals surface area contributed by atoms with Crippen molar-refractivity contribution in [2.75, 3.05) is 24.8 Å². The minimum Gasteiger partial charge on any atom is -0.497 e. The van der Waals surface area contributed by atoms with Crippen molar-refractivity contribution >= 4 is 35.2 Å². The van der Waals surface area contributed by atoms with E-state index in [-0.39, 0.29) is 35.8 Å². The van der Waals surface area contributed by atoms with Gasteiger partial charge in [-0.3, -0.25) is 14.4 Å². The minimum absolute atomic E-state index is 0.0198. The van der Waals surface area contributed by atoms with Gasteiger partial charge in [-0.05, 0) is 48.9 Å². The zero-order valence-corrected chi connectivity index (χ0v) is 20.6. The summed E-state index contributed by atoms with van der Waals surface area (Å²) in [7, 11) is 1.57. The monoisotopic (exact) mass is 510 g/mol. The zero-order valence-electron chi connectivity index (χ0n) is 19.8. The Hall–Kier alpha value is -4.12. The molecule has 3 N–H and O–H groups in total. The maximum atomic E-state index is 12.3. The average molecular weight is 511 g/mol. The summed E-state index contributed by atoms with van der Waals surface area (Å²) in [5.74, 6) is -0.385. The van der Waals surface area contributed by atoms with Gasteiger partial charge in [-0.25, -0.2) is 9.78 Å². The molecule has 0 aliphatic heterocycles. The number of nitrogens with zero attached hydrogens (tertiary/aromatic N) is 1. The number of carbonyl (C=O) groups excluding carboxylic acids is 3. The Morgan fingerprint density at radius 3 is 2.56 bits per heavy atom. The molecule has 0 radical (unpaired) electrons. The fraction of sp³-hybridized carbons (Fsp3) is 0.240. The van der Waals surface area contributed by atoms with Gasteiger partial charge in [0.1, 0.15) is 5.75 Å². The fourth-order valence-corrected chi connectivity index (χ4v) is 3.78. The highest BCUT2D eigenvalue weighted by atomic mass is 32.2. The molecule has 0 atom stereocenters. The molecule has 0 saturated heterocycles. The molecule has 3 rings (SSSR count). The van der Waals surface area contributed by atoms with Crippen molar-refractivity contribution in [2.24, 2.45) is 0 Å². The van der Waals surface area contributed by atoms with E-state index < -0.39 is 11.5 Å². The number of aromatic amines is 1. The van der Waals surface area contributed by atoms with E-state index in [1.807, 2.05) is 24.3 Å². The molecule has 0 unspecified atom stereocenters. The molecule has 0 saturated carbocycles. The first-order chi connectivity index (χ1) is 17.4. The van der Waals surface area contributed by atoms with Crippen LogP contribution in [0.15, 0.2) is 64.5 Å². The number of carbonyl (C=O) groups is 3. The first-order valence-corrected chi connectivity index (χ1v) is 12.0. The molecule has 10 nitrogen and oxygen atoms in total. The van der Waals surface area contributed by atoms with E-state index in [4.69, 9.17) is 9.47 Å². The second kappa shape index (κ2) is 13.1. The van der Waals surface area contributed by atoms with Crippen LogP contribution in [0.4, 0.5) is 5.69 Å². The summed E-state index contributed by atoms with van der Waals surface area (Å²) >= 11 is 1.03. The van der Waals surface area contributed by atoms with E-state index in [9.17, 15) is 19.2 Å². The van der Waals surface area contributed by atoms with Gasteiger partial charge in [0.15, 0.2) is 5.16 Å². The van der Waals surface area contributed by atoms with Gasteiger partial charge in [0, 0.05) is 18.3 Å². The molecule has 0 bridgehead atoms. The first-order valence-electron chi connectivity index (χ1n) is 11.1. The van der Waals surface area contributed by atoms with Crippen LogP contribution in [-0.2, 0) is 27.3 Å². The Morgan fingerprint density at radius 2 is 1.83 bits per heavy atom. The smallest absolute Gasteiger partial charge is 0.338 e. The molecule has 3 aromatic rings. The third-order valence-electron chi connectivity index (χ3n) is 4.76. The van der Waals surface area contributed by atoms with Crippen molar-refractivity contribution in [3.05, 3.63) is 81.8 Å². The van der Waals surface area contributed by atoms with Crippen LogP contribution >= 0.6 is 11.8 Å². The summed E-state index contributed by atoms with van der Waals surface area (Å²) in [6.07, 6.45) is -0.0829. The molecule has 36 heavy (non-hydrogen) atoms. The number of hydrogen-bond acceptors (Lipinski definition) is 8. The number of methoxy groups -OCH3 is 1. The highest BCUT2D eigenvalue weighted by Crippen LogP contribution is 2.15. The van der Waals surface area contributed by atoms with Crippen LogP contribution in [0.1, 0.15) is 28.5 Å². The van der Waals surface area contributed by atoms with Crippen LogP contribution in [0.3, 0.4) is 0 Å². The lowest BCUT2D eigenvalue weighted by Gasteiger charge is -2.08. The lowest BCUT2D eigenvalue weighted by Crippen LogP contribution is -2.26. The molecule has 0 aliphatic carbocycles. The maximum Gasteiger partial charge on any atom is 0.338 e. The number of hydrogen-bond donors (Lipinski definition) is 3. The second-order valence-corrected chi connectivity index (χ2v) is 8.45. The molecule has 11 heteroatoms. The normalized spacial score (nSPS) is 10.4. The Morgan fingerprint density at radius 1 is 1.06 bits per heavy atom. The van der Waals surface area contributed by atoms with Gasteiger partial charge in [0.05, 0.1) is 37.1 Å². The van der Waals surface area contributed by atoms with Gasteiger partial charge >= 0.3 is 5.97 Å². The SMILES string of the molecule is CCOC(=O)c1ccc(NC(=O)CSc2nc(CC(=O)NCc3cccc(OC)c3)cc(=O)[nH]2)cc1. The predicted octanol–water partition coefficient (Wildman–Crippen LogP) is 2.54. The van der Waals surface area contributed by atoms with Gasteiger partial charge in [-0.15, -0.1) is 0 Å². The molecule has 0 spiro atoms. The number of benzene rings is 2.